The highest BCUT2D eigenvalue weighted by molar-refractivity contribution is 6.07. The molecule has 8 heteroatoms. The molecule has 0 spiro atoms. The number of benzene rings is 2. The number of aromatic nitrogens is 1. The van der Waals surface area contributed by atoms with Gasteiger partial charge in [-0.2, -0.15) is 0 Å². The fourth-order valence-electron chi connectivity index (χ4n) is 3.77. The van der Waals surface area contributed by atoms with Crippen LogP contribution in [-0.2, 0) is 4.79 Å². The molecule has 1 fully saturated rings. The summed E-state index contributed by atoms with van der Waals surface area (Å²) in [5.74, 6) is 1.16. The summed E-state index contributed by atoms with van der Waals surface area (Å²) in [5.41, 5.74) is 2.14. The number of hydrogen-bond donors (Lipinski definition) is 3. The minimum atomic E-state index is -0.376. The second-order valence-electron chi connectivity index (χ2n) is 7.67. The summed E-state index contributed by atoms with van der Waals surface area (Å²) in [6.45, 7) is 3.23. The van der Waals surface area contributed by atoms with Gasteiger partial charge in [-0.05, 0) is 62.3 Å². The van der Waals surface area contributed by atoms with Crippen molar-refractivity contribution < 1.29 is 18.7 Å². The number of para-hydroxylation sites is 2. The predicted molar refractivity (Wildman–Crippen MR) is 122 cm³/mol. The first-order valence-electron chi connectivity index (χ1n) is 10.6. The molecule has 8 nitrogen and oxygen atoms in total. The molecule has 0 bridgehead atoms. The van der Waals surface area contributed by atoms with Crippen molar-refractivity contribution in [3.8, 4) is 17.1 Å². The van der Waals surface area contributed by atoms with Crippen LogP contribution in [0.2, 0.25) is 0 Å². The third kappa shape index (κ3) is 4.81. The Labute approximate surface area is 186 Å². The molecule has 3 aromatic rings. The second-order valence-corrected chi connectivity index (χ2v) is 7.67. The average molecular weight is 434 g/mol. The minimum Gasteiger partial charge on any atom is -0.495 e. The predicted octanol–water partition coefficient (Wildman–Crippen LogP) is 4.03. The van der Waals surface area contributed by atoms with Crippen molar-refractivity contribution in [1.29, 1.82) is 0 Å². The van der Waals surface area contributed by atoms with Crippen molar-refractivity contribution >= 4 is 23.2 Å². The van der Waals surface area contributed by atoms with E-state index in [4.69, 9.17) is 9.15 Å². The van der Waals surface area contributed by atoms with Crippen LogP contribution in [0.3, 0.4) is 0 Å². The van der Waals surface area contributed by atoms with Crippen LogP contribution < -0.4 is 20.7 Å². The number of methoxy groups -OCH3 is 1. The molecule has 2 amide bonds. The summed E-state index contributed by atoms with van der Waals surface area (Å²) in [6, 6.07) is 14.4. The molecule has 0 unspecified atom stereocenters. The van der Waals surface area contributed by atoms with Crippen molar-refractivity contribution in [2.24, 2.45) is 0 Å². The molecule has 166 valence electrons. The van der Waals surface area contributed by atoms with E-state index in [1.54, 1.807) is 43.5 Å². The van der Waals surface area contributed by atoms with Gasteiger partial charge in [0.05, 0.1) is 12.8 Å². The molecule has 3 N–H and O–H groups in total. The number of carbonyl (C=O) groups is 2. The summed E-state index contributed by atoms with van der Waals surface area (Å²) < 4.78 is 11.5. The van der Waals surface area contributed by atoms with Crippen molar-refractivity contribution in [2.45, 2.75) is 25.7 Å². The number of oxazole rings is 1. The summed E-state index contributed by atoms with van der Waals surface area (Å²) in [5, 5.41) is 8.95. The zero-order valence-electron chi connectivity index (χ0n) is 18.1. The van der Waals surface area contributed by atoms with Crippen molar-refractivity contribution in [3.05, 3.63) is 60.1 Å². The van der Waals surface area contributed by atoms with Gasteiger partial charge < -0.3 is 25.1 Å². The number of amides is 2. The van der Waals surface area contributed by atoms with Crippen LogP contribution in [-0.4, -0.2) is 37.0 Å². The maximum atomic E-state index is 13.2. The van der Waals surface area contributed by atoms with E-state index in [0.29, 0.717) is 34.3 Å². The number of nitrogens with one attached hydrogen (secondary N) is 3. The van der Waals surface area contributed by atoms with Gasteiger partial charge in [0.25, 0.3) is 5.91 Å². The summed E-state index contributed by atoms with van der Waals surface area (Å²) in [7, 11) is 1.55. The maximum absolute atomic E-state index is 13.2. The molecule has 4 rings (SSSR count). The topological polar surface area (TPSA) is 105 Å². The van der Waals surface area contributed by atoms with Crippen LogP contribution >= 0.6 is 0 Å². The zero-order valence-corrected chi connectivity index (χ0v) is 18.1. The lowest BCUT2D eigenvalue weighted by Gasteiger charge is -2.19. The normalized spacial score (nSPS) is 14.1. The molecule has 32 heavy (non-hydrogen) atoms. The van der Waals surface area contributed by atoms with Gasteiger partial charge >= 0.3 is 0 Å². The fourth-order valence-corrected chi connectivity index (χ4v) is 3.77. The molecule has 1 aliphatic rings. The SMILES string of the molecule is COc1ccccc1NC(=O)c1nc(C2CCNCC2)oc1-c1ccc(NC(C)=O)cc1. The van der Waals surface area contributed by atoms with Crippen LogP contribution in [0.1, 0.15) is 42.1 Å². The van der Waals surface area contributed by atoms with Gasteiger partial charge in [0.1, 0.15) is 5.75 Å². The first-order valence-corrected chi connectivity index (χ1v) is 10.6. The highest BCUT2D eigenvalue weighted by Crippen LogP contribution is 2.33. The molecule has 2 heterocycles. The van der Waals surface area contributed by atoms with Crippen molar-refractivity contribution in [2.75, 3.05) is 30.8 Å². The summed E-state index contributed by atoms with van der Waals surface area (Å²) in [4.78, 5) is 29.1. The zero-order chi connectivity index (χ0) is 22.5. The van der Waals surface area contributed by atoms with Crippen molar-refractivity contribution in [1.82, 2.24) is 10.3 Å². The standard InChI is InChI=1S/C24H26N4O4/c1-15(29)26-18-9-7-16(8-10-18)22-21(28-24(32-22)17-11-13-25-14-12-17)23(30)27-19-5-3-4-6-20(19)31-2/h3-10,17,25H,11-14H2,1-2H3,(H,26,29)(H,27,30). The number of rotatable bonds is 6. The van der Waals surface area contributed by atoms with Crippen LogP contribution in [0.4, 0.5) is 11.4 Å². The molecular weight excluding hydrogens is 408 g/mol. The number of piperidine rings is 1. The third-order valence-electron chi connectivity index (χ3n) is 5.37. The Morgan fingerprint density at radius 1 is 1.06 bits per heavy atom. The lowest BCUT2D eigenvalue weighted by atomic mass is 9.98. The third-order valence-corrected chi connectivity index (χ3v) is 5.37. The van der Waals surface area contributed by atoms with Crippen LogP contribution in [0, 0.1) is 0 Å². The molecular formula is C24H26N4O4. The molecule has 2 aromatic carbocycles. The molecule has 0 radical (unpaired) electrons. The second kappa shape index (κ2) is 9.65. The van der Waals surface area contributed by atoms with E-state index >= 15 is 0 Å². The molecule has 1 aliphatic heterocycles. The quantitative estimate of drug-likeness (QED) is 0.541. The van der Waals surface area contributed by atoms with Gasteiger partial charge in [0.2, 0.25) is 5.91 Å². The van der Waals surface area contributed by atoms with E-state index in [0.717, 1.165) is 25.9 Å². The average Bonchev–Trinajstić information content (AvgIpc) is 3.26. The monoisotopic (exact) mass is 434 g/mol. The van der Waals surface area contributed by atoms with Gasteiger partial charge in [0.15, 0.2) is 17.3 Å². The number of ether oxygens (including phenoxy) is 1. The van der Waals surface area contributed by atoms with Gasteiger partial charge in [-0.1, -0.05) is 12.1 Å². The number of anilines is 2. The Hall–Kier alpha value is -3.65. The number of hydrogen-bond acceptors (Lipinski definition) is 6. The van der Waals surface area contributed by atoms with Crippen LogP contribution in [0.25, 0.3) is 11.3 Å². The molecule has 1 saturated heterocycles. The van der Waals surface area contributed by atoms with E-state index in [-0.39, 0.29) is 23.4 Å². The van der Waals surface area contributed by atoms with Crippen molar-refractivity contribution in [3.63, 3.8) is 0 Å². The Bertz CT molecular complexity index is 1100. The highest BCUT2D eigenvalue weighted by atomic mass is 16.5. The first-order chi connectivity index (χ1) is 15.5. The first kappa shape index (κ1) is 21.6. The Balaban J connectivity index is 1.68. The van der Waals surface area contributed by atoms with Crippen LogP contribution in [0.15, 0.2) is 52.9 Å². The largest absolute Gasteiger partial charge is 0.495 e. The Kier molecular flexibility index (Phi) is 6.51. The molecule has 1 aromatic heterocycles. The Morgan fingerprint density at radius 2 is 1.78 bits per heavy atom. The maximum Gasteiger partial charge on any atom is 0.278 e. The molecule has 0 saturated carbocycles. The minimum absolute atomic E-state index is 0.150. The lowest BCUT2D eigenvalue weighted by Crippen LogP contribution is -2.26. The molecule has 0 atom stereocenters. The number of carbonyl (C=O) groups excluding carboxylic acids is 2. The Morgan fingerprint density at radius 3 is 2.47 bits per heavy atom. The van der Waals surface area contributed by atoms with E-state index in [1.165, 1.54) is 6.92 Å². The summed E-state index contributed by atoms with van der Waals surface area (Å²) >= 11 is 0. The molecule has 0 aliphatic carbocycles. The van der Waals surface area contributed by atoms with E-state index in [9.17, 15) is 9.59 Å². The summed E-state index contributed by atoms with van der Waals surface area (Å²) in [6.07, 6.45) is 1.80. The van der Waals surface area contributed by atoms with Gasteiger partial charge in [-0.3, -0.25) is 9.59 Å². The number of nitrogens with zero attached hydrogens (tertiary/aromatic N) is 1. The van der Waals surface area contributed by atoms with Gasteiger partial charge in [-0.15, -0.1) is 0 Å². The van der Waals surface area contributed by atoms with Gasteiger partial charge in [0, 0.05) is 24.1 Å². The highest BCUT2D eigenvalue weighted by Gasteiger charge is 2.27. The fraction of sp³-hybridized carbons (Fsp3) is 0.292. The van der Waals surface area contributed by atoms with E-state index in [2.05, 4.69) is 20.9 Å². The van der Waals surface area contributed by atoms with Crippen LogP contribution in [0.5, 0.6) is 5.75 Å². The van der Waals surface area contributed by atoms with Gasteiger partial charge in [-0.25, -0.2) is 4.98 Å². The van der Waals surface area contributed by atoms with E-state index < -0.39 is 0 Å². The lowest BCUT2D eigenvalue weighted by molar-refractivity contribution is -0.114. The smallest absolute Gasteiger partial charge is 0.278 e. The van der Waals surface area contributed by atoms with E-state index in [1.807, 2.05) is 12.1 Å².